The van der Waals surface area contributed by atoms with Crippen LogP contribution >= 0.6 is 0 Å². The Morgan fingerprint density at radius 2 is 2.05 bits per heavy atom. The van der Waals surface area contributed by atoms with Crippen LogP contribution in [-0.2, 0) is 4.79 Å². The summed E-state index contributed by atoms with van der Waals surface area (Å²) < 4.78 is 13.1. The van der Waals surface area contributed by atoms with Gasteiger partial charge in [-0.25, -0.2) is 9.18 Å². The second-order valence-corrected chi connectivity index (χ2v) is 5.17. The van der Waals surface area contributed by atoms with Crippen molar-refractivity contribution in [2.75, 3.05) is 6.54 Å². The highest BCUT2D eigenvalue weighted by Crippen LogP contribution is 2.13. The minimum absolute atomic E-state index is 0.0799. The van der Waals surface area contributed by atoms with Gasteiger partial charge < -0.3 is 15.7 Å². The maximum atomic E-state index is 13.1. The summed E-state index contributed by atoms with van der Waals surface area (Å²) in [6.07, 6.45) is 0.596. The summed E-state index contributed by atoms with van der Waals surface area (Å²) in [5, 5.41) is 14.0. The van der Waals surface area contributed by atoms with Gasteiger partial charge >= 0.3 is 12.0 Å². The van der Waals surface area contributed by atoms with Crippen LogP contribution in [-0.4, -0.2) is 23.7 Å². The molecule has 0 saturated carbocycles. The largest absolute Gasteiger partial charge is 0.481 e. The standard InChI is InChI=1S/C15H21FN2O3/c1-10(6-7-14(19)20)9-17-15(21)18-11(2)12-4-3-5-13(16)8-12/h3-5,8,10-11H,6-7,9H2,1-2H3,(H,19,20)(H2,17,18,21). The molecule has 0 fully saturated rings. The average Bonchev–Trinajstić information content (AvgIpc) is 2.42. The van der Waals surface area contributed by atoms with Crippen molar-refractivity contribution < 1.29 is 19.1 Å². The Morgan fingerprint density at radius 3 is 2.67 bits per heavy atom. The van der Waals surface area contributed by atoms with Crippen molar-refractivity contribution in [3.05, 3.63) is 35.6 Å². The number of carboxylic acids is 1. The van der Waals surface area contributed by atoms with Crippen molar-refractivity contribution in [1.82, 2.24) is 10.6 Å². The molecule has 0 aromatic heterocycles. The molecule has 2 amide bonds. The molecule has 0 saturated heterocycles. The predicted molar refractivity (Wildman–Crippen MR) is 77.4 cm³/mol. The van der Waals surface area contributed by atoms with Gasteiger partial charge in [0.2, 0.25) is 0 Å². The number of aliphatic carboxylic acids is 1. The van der Waals surface area contributed by atoms with Crippen LogP contribution in [0.1, 0.15) is 38.3 Å². The number of halogens is 1. The van der Waals surface area contributed by atoms with Crippen molar-refractivity contribution >= 4 is 12.0 Å². The van der Waals surface area contributed by atoms with E-state index in [1.54, 1.807) is 19.1 Å². The van der Waals surface area contributed by atoms with Crippen LogP contribution in [0.4, 0.5) is 9.18 Å². The Balaban J connectivity index is 2.34. The van der Waals surface area contributed by atoms with Gasteiger partial charge in [-0.2, -0.15) is 0 Å². The minimum Gasteiger partial charge on any atom is -0.481 e. The van der Waals surface area contributed by atoms with Gasteiger partial charge in [-0.15, -0.1) is 0 Å². The van der Waals surface area contributed by atoms with Gasteiger partial charge in [-0.05, 0) is 37.0 Å². The summed E-state index contributed by atoms with van der Waals surface area (Å²) in [7, 11) is 0. The number of nitrogens with one attached hydrogen (secondary N) is 2. The van der Waals surface area contributed by atoms with Crippen LogP contribution in [0.3, 0.4) is 0 Å². The number of benzene rings is 1. The van der Waals surface area contributed by atoms with Crippen LogP contribution in [0.15, 0.2) is 24.3 Å². The molecule has 3 N–H and O–H groups in total. The number of hydrogen-bond donors (Lipinski definition) is 3. The lowest BCUT2D eigenvalue weighted by Gasteiger charge is -2.17. The molecule has 116 valence electrons. The molecule has 0 radical (unpaired) electrons. The van der Waals surface area contributed by atoms with E-state index < -0.39 is 5.97 Å². The molecule has 6 heteroatoms. The first-order valence-electron chi connectivity index (χ1n) is 6.90. The van der Waals surface area contributed by atoms with E-state index in [2.05, 4.69) is 10.6 Å². The van der Waals surface area contributed by atoms with E-state index in [4.69, 9.17) is 5.11 Å². The fourth-order valence-corrected chi connectivity index (χ4v) is 1.85. The lowest BCUT2D eigenvalue weighted by Crippen LogP contribution is -2.39. The summed E-state index contributed by atoms with van der Waals surface area (Å²) >= 11 is 0. The summed E-state index contributed by atoms with van der Waals surface area (Å²) in [5.41, 5.74) is 0.684. The Kier molecular flexibility index (Phi) is 6.65. The molecule has 0 aliphatic heterocycles. The van der Waals surface area contributed by atoms with Crippen LogP contribution < -0.4 is 10.6 Å². The molecule has 1 rings (SSSR count). The average molecular weight is 296 g/mol. The van der Waals surface area contributed by atoms with Crippen molar-refractivity contribution in [2.45, 2.75) is 32.7 Å². The molecule has 0 aliphatic rings. The molecular formula is C15H21FN2O3. The molecule has 0 aliphatic carbocycles. The minimum atomic E-state index is -0.842. The van der Waals surface area contributed by atoms with Gasteiger partial charge in [0.1, 0.15) is 5.82 Å². The summed E-state index contributed by atoms with van der Waals surface area (Å²) in [5.74, 6) is -1.11. The fraction of sp³-hybridized carbons (Fsp3) is 0.467. The maximum absolute atomic E-state index is 13.1. The fourth-order valence-electron chi connectivity index (χ4n) is 1.85. The molecule has 1 aromatic rings. The van der Waals surface area contributed by atoms with E-state index in [1.165, 1.54) is 12.1 Å². The third-order valence-electron chi connectivity index (χ3n) is 3.16. The van der Waals surface area contributed by atoms with E-state index in [1.807, 2.05) is 6.92 Å². The topological polar surface area (TPSA) is 78.4 Å². The highest BCUT2D eigenvalue weighted by atomic mass is 19.1. The van der Waals surface area contributed by atoms with E-state index in [0.29, 0.717) is 18.5 Å². The highest BCUT2D eigenvalue weighted by molar-refractivity contribution is 5.74. The van der Waals surface area contributed by atoms with Crippen LogP contribution in [0.5, 0.6) is 0 Å². The van der Waals surface area contributed by atoms with Crippen LogP contribution in [0.2, 0.25) is 0 Å². The monoisotopic (exact) mass is 296 g/mol. The molecular weight excluding hydrogens is 275 g/mol. The van der Waals surface area contributed by atoms with Crippen molar-refractivity contribution in [3.63, 3.8) is 0 Å². The quantitative estimate of drug-likeness (QED) is 0.724. The zero-order valence-electron chi connectivity index (χ0n) is 12.2. The molecule has 0 heterocycles. The smallest absolute Gasteiger partial charge is 0.315 e. The molecule has 21 heavy (non-hydrogen) atoms. The number of carbonyl (C=O) groups is 2. The highest BCUT2D eigenvalue weighted by Gasteiger charge is 2.11. The van der Waals surface area contributed by atoms with Crippen molar-refractivity contribution in [1.29, 1.82) is 0 Å². The van der Waals surface area contributed by atoms with Gasteiger partial charge in [-0.3, -0.25) is 4.79 Å². The Bertz CT molecular complexity index is 494. The third-order valence-corrected chi connectivity index (χ3v) is 3.16. The molecule has 0 spiro atoms. The molecule has 2 unspecified atom stereocenters. The number of carbonyl (C=O) groups excluding carboxylic acids is 1. The predicted octanol–water partition coefficient (Wildman–Crippen LogP) is 2.69. The normalized spacial score (nSPS) is 13.3. The Hall–Kier alpha value is -2.11. The molecule has 2 atom stereocenters. The first-order chi connectivity index (χ1) is 9.88. The van der Waals surface area contributed by atoms with E-state index >= 15 is 0 Å². The first kappa shape index (κ1) is 16.9. The van der Waals surface area contributed by atoms with Gasteiger partial charge in [0.25, 0.3) is 0 Å². The maximum Gasteiger partial charge on any atom is 0.315 e. The van der Waals surface area contributed by atoms with E-state index in [0.717, 1.165) is 0 Å². The van der Waals surface area contributed by atoms with Gasteiger partial charge in [-0.1, -0.05) is 19.1 Å². The molecule has 5 nitrogen and oxygen atoms in total. The van der Waals surface area contributed by atoms with Gasteiger partial charge in [0.15, 0.2) is 0 Å². The third kappa shape index (κ3) is 6.74. The van der Waals surface area contributed by atoms with E-state index in [9.17, 15) is 14.0 Å². The number of rotatable bonds is 7. The Morgan fingerprint density at radius 1 is 1.33 bits per heavy atom. The zero-order chi connectivity index (χ0) is 15.8. The zero-order valence-corrected chi connectivity index (χ0v) is 12.2. The molecule has 0 bridgehead atoms. The Labute approximate surface area is 123 Å². The van der Waals surface area contributed by atoms with Gasteiger partial charge in [0.05, 0.1) is 6.04 Å². The second-order valence-electron chi connectivity index (χ2n) is 5.17. The summed E-state index contributed by atoms with van der Waals surface area (Å²) in [6.45, 7) is 4.04. The number of amides is 2. The van der Waals surface area contributed by atoms with Crippen molar-refractivity contribution in [3.8, 4) is 0 Å². The molecule has 1 aromatic carbocycles. The van der Waals surface area contributed by atoms with Gasteiger partial charge in [0, 0.05) is 13.0 Å². The number of hydrogen-bond acceptors (Lipinski definition) is 2. The van der Waals surface area contributed by atoms with Crippen LogP contribution in [0, 0.1) is 11.7 Å². The van der Waals surface area contributed by atoms with Crippen molar-refractivity contribution in [2.24, 2.45) is 5.92 Å². The SMILES string of the molecule is CC(CCC(=O)O)CNC(=O)NC(C)c1cccc(F)c1. The number of carboxylic acid groups (broad SMARTS) is 1. The summed E-state index contributed by atoms with van der Waals surface area (Å²) in [4.78, 5) is 22.2. The van der Waals surface area contributed by atoms with Crippen LogP contribution in [0.25, 0.3) is 0 Å². The first-order valence-corrected chi connectivity index (χ1v) is 6.90. The number of urea groups is 1. The lowest BCUT2D eigenvalue weighted by atomic mass is 10.1. The lowest BCUT2D eigenvalue weighted by molar-refractivity contribution is -0.137. The summed E-state index contributed by atoms with van der Waals surface area (Å²) in [6, 6.07) is 5.39. The second kappa shape index (κ2) is 8.24. The van der Waals surface area contributed by atoms with E-state index in [-0.39, 0.29) is 30.2 Å².